The van der Waals surface area contributed by atoms with Crippen LogP contribution in [0, 0.1) is 12.8 Å². The molecule has 1 atom stereocenters. The molecular weight excluding hydrogens is 326 g/mol. The molecule has 134 valence electrons. The molecule has 2 fully saturated rings. The summed E-state index contributed by atoms with van der Waals surface area (Å²) >= 11 is 0. The number of aryl methyl sites for hydroxylation is 1. The second-order valence-electron chi connectivity index (χ2n) is 7.30. The van der Waals surface area contributed by atoms with E-state index < -0.39 is 0 Å². The highest BCUT2D eigenvalue weighted by Gasteiger charge is 2.41. The van der Waals surface area contributed by atoms with Gasteiger partial charge in [-0.05, 0) is 37.5 Å². The highest BCUT2D eigenvalue weighted by molar-refractivity contribution is 5.89. The molecule has 1 aliphatic carbocycles. The third-order valence-corrected chi connectivity index (χ3v) is 5.11. The summed E-state index contributed by atoms with van der Waals surface area (Å²) in [5, 5.41) is 0. The Labute approximate surface area is 153 Å². The van der Waals surface area contributed by atoms with Crippen molar-refractivity contribution in [2.75, 3.05) is 6.54 Å². The van der Waals surface area contributed by atoms with E-state index in [-0.39, 0.29) is 17.7 Å². The van der Waals surface area contributed by atoms with Gasteiger partial charge in [-0.25, -0.2) is 0 Å². The molecule has 0 spiro atoms. The molecule has 26 heavy (non-hydrogen) atoms. The zero-order valence-corrected chi connectivity index (χ0v) is 15.0. The van der Waals surface area contributed by atoms with Crippen LogP contribution < -0.4 is 5.49 Å². The van der Waals surface area contributed by atoms with Crippen LogP contribution in [0.2, 0.25) is 0 Å². The van der Waals surface area contributed by atoms with Crippen LogP contribution in [0.15, 0.2) is 53.7 Å². The minimum atomic E-state index is -0.309. The van der Waals surface area contributed by atoms with Crippen LogP contribution in [0.1, 0.15) is 30.4 Å². The van der Waals surface area contributed by atoms with Crippen molar-refractivity contribution >= 4 is 11.8 Å². The number of hydrogen-bond acceptors (Lipinski definition) is 2. The summed E-state index contributed by atoms with van der Waals surface area (Å²) in [6, 6.07) is 14.4. The van der Waals surface area contributed by atoms with Crippen LogP contribution in [-0.4, -0.2) is 33.9 Å². The number of likely N-dealkylation sites (tertiary alicyclic amines) is 1. The Bertz CT molecular complexity index is 894. The van der Waals surface area contributed by atoms with Crippen molar-refractivity contribution < 1.29 is 9.59 Å². The van der Waals surface area contributed by atoms with Crippen molar-refractivity contribution in [3.8, 4) is 0 Å². The Morgan fingerprint density at radius 2 is 1.92 bits per heavy atom. The van der Waals surface area contributed by atoms with Gasteiger partial charge < -0.3 is 9.47 Å². The maximum atomic E-state index is 12.6. The van der Waals surface area contributed by atoms with E-state index in [0.717, 1.165) is 18.4 Å². The minimum Gasteiger partial charge on any atom is -0.339 e. The molecule has 5 nitrogen and oxygen atoms in total. The summed E-state index contributed by atoms with van der Waals surface area (Å²) in [6.07, 6.45) is 4.37. The lowest BCUT2D eigenvalue weighted by Crippen LogP contribution is -2.29. The number of carbonyl (C=O) groups is 2. The number of hydrogen-bond donors (Lipinski definition) is 0. The lowest BCUT2D eigenvalue weighted by atomic mass is 10.1. The van der Waals surface area contributed by atoms with Crippen molar-refractivity contribution in [2.45, 2.75) is 38.8 Å². The van der Waals surface area contributed by atoms with Crippen LogP contribution in [0.5, 0.6) is 0 Å². The zero-order chi connectivity index (χ0) is 18.1. The molecule has 5 heteroatoms. The molecule has 1 aromatic heterocycles. The standard InChI is InChI=1S/C21H23N3O2/c1-15-5-7-16(8-6-15)13-23-11-3-2-4-19(23)22-21(26)17-12-20(25)24(14-17)18-9-10-18/h2-8,11,17-18H,9-10,12-14H2,1H3. The number of aromatic nitrogens is 1. The van der Waals surface area contributed by atoms with Crippen molar-refractivity contribution in [3.05, 3.63) is 65.3 Å². The largest absolute Gasteiger partial charge is 0.339 e. The normalized spacial score (nSPS) is 20.7. The summed E-state index contributed by atoms with van der Waals surface area (Å²) in [4.78, 5) is 30.9. The van der Waals surface area contributed by atoms with E-state index in [9.17, 15) is 9.59 Å². The molecule has 2 aliphatic rings. The van der Waals surface area contributed by atoms with E-state index in [1.807, 2.05) is 33.9 Å². The predicted octanol–water partition coefficient (Wildman–Crippen LogP) is 2.28. The molecule has 1 saturated carbocycles. The number of rotatable bonds is 4. The van der Waals surface area contributed by atoms with Crippen LogP contribution >= 0.6 is 0 Å². The van der Waals surface area contributed by atoms with Gasteiger partial charge in [0, 0.05) is 31.7 Å². The molecular formula is C21H23N3O2. The van der Waals surface area contributed by atoms with Gasteiger partial charge in [-0.2, -0.15) is 4.99 Å². The average molecular weight is 349 g/mol. The van der Waals surface area contributed by atoms with Gasteiger partial charge >= 0.3 is 0 Å². The Hall–Kier alpha value is -2.69. The van der Waals surface area contributed by atoms with Crippen molar-refractivity contribution in [3.63, 3.8) is 0 Å². The summed E-state index contributed by atoms with van der Waals surface area (Å²) in [5.74, 6) is -0.400. The van der Waals surface area contributed by atoms with Crippen LogP contribution in [0.25, 0.3) is 0 Å². The molecule has 0 radical (unpaired) electrons. The maximum absolute atomic E-state index is 12.6. The van der Waals surface area contributed by atoms with E-state index in [4.69, 9.17) is 0 Å². The second-order valence-corrected chi connectivity index (χ2v) is 7.30. The van der Waals surface area contributed by atoms with Crippen LogP contribution in [0.4, 0.5) is 0 Å². The van der Waals surface area contributed by atoms with Crippen molar-refractivity contribution in [1.82, 2.24) is 9.47 Å². The monoisotopic (exact) mass is 349 g/mol. The first-order chi connectivity index (χ1) is 12.6. The summed E-state index contributed by atoms with van der Waals surface area (Å²) in [6.45, 7) is 3.24. The van der Waals surface area contributed by atoms with Gasteiger partial charge in [-0.15, -0.1) is 0 Å². The molecule has 2 heterocycles. The van der Waals surface area contributed by atoms with Crippen molar-refractivity contribution in [2.24, 2.45) is 10.9 Å². The number of benzene rings is 1. The van der Waals surface area contributed by atoms with Gasteiger partial charge in [0.15, 0.2) is 0 Å². The minimum absolute atomic E-state index is 0.0987. The highest BCUT2D eigenvalue weighted by Crippen LogP contribution is 2.32. The molecule has 2 amide bonds. The topological polar surface area (TPSA) is 54.7 Å². The van der Waals surface area contributed by atoms with Crippen LogP contribution in [0.3, 0.4) is 0 Å². The van der Waals surface area contributed by atoms with E-state index in [1.54, 1.807) is 0 Å². The van der Waals surface area contributed by atoms with Gasteiger partial charge in [0.05, 0.1) is 5.92 Å². The highest BCUT2D eigenvalue weighted by atomic mass is 16.2. The number of amides is 2. The van der Waals surface area contributed by atoms with Gasteiger partial charge in [0.25, 0.3) is 5.91 Å². The van der Waals surface area contributed by atoms with E-state index >= 15 is 0 Å². The first-order valence-electron chi connectivity index (χ1n) is 9.19. The Morgan fingerprint density at radius 1 is 1.15 bits per heavy atom. The Balaban J connectivity index is 1.54. The predicted molar refractivity (Wildman–Crippen MR) is 98.1 cm³/mol. The lowest BCUT2D eigenvalue weighted by molar-refractivity contribution is -0.128. The van der Waals surface area contributed by atoms with Gasteiger partial charge in [0.1, 0.15) is 5.49 Å². The summed E-state index contributed by atoms with van der Waals surface area (Å²) < 4.78 is 1.97. The first kappa shape index (κ1) is 16.8. The zero-order valence-electron chi connectivity index (χ0n) is 15.0. The molecule has 1 aliphatic heterocycles. The summed E-state index contributed by atoms with van der Waals surface area (Å²) in [7, 11) is 0. The van der Waals surface area contributed by atoms with Crippen molar-refractivity contribution in [1.29, 1.82) is 0 Å². The molecule has 1 saturated heterocycles. The molecule has 0 bridgehead atoms. The Morgan fingerprint density at radius 3 is 2.65 bits per heavy atom. The molecule has 1 unspecified atom stereocenters. The van der Waals surface area contributed by atoms with E-state index in [2.05, 4.69) is 36.2 Å². The van der Waals surface area contributed by atoms with E-state index in [1.165, 1.54) is 5.56 Å². The fourth-order valence-corrected chi connectivity index (χ4v) is 3.43. The second kappa shape index (κ2) is 6.90. The molecule has 2 aromatic rings. The van der Waals surface area contributed by atoms with Gasteiger partial charge in [-0.3, -0.25) is 9.59 Å². The van der Waals surface area contributed by atoms with Gasteiger partial charge in [-0.1, -0.05) is 35.9 Å². The fraction of sp³-hybridized carbons (Fsp3) is 0.381. The first-order valence-corrected chi connectivity index (χ1v) is 9.19. The Kier molecular flexibility index (Phi) is 4.45. The molecule has 4 rings (SSSR count). The lowest BCUT2D eigenvalue weighted by Gasteiger charge is -2.14. The van der Waals surface area contributed by atoms with Gasteiger partial charge in [0.2, 0.25) is 5.91 Å². The maximum Gasteiger partial charge on any atom is 0.253 e. The van der Waals surface area contributed by atoms with Crippen LogP contribution in [-0.2, 0) is 16.1 Å². The SMILES string of the molecule is Cc1ccc(Cn2ccccc2=NC(=O)C2CC(=O)N(C3CC3)C2)cc1. The average Bonchev–Trinajstić information content (AvgIpc) is 3.40. The molecule has 1 aromatic carbocycles. The molecule has 0 N–H and O–H groups in total. The number of pyridine rings is 1. The number of carbonyl (C=O) groups excluding carboxylic acids is 2. The number of nitrogens with zero attached hydrogens (tertiary/aromatic N) is 3. The fourth-order valence-electron chi connectivity index (χ4n) is 3.43. The third kappa shape index (κ3) is 3.62. The van der Waals surface area contributed by atoms with E-state index in [0.29, 0.717) is 31.0 Å². The summed E-state index contributed by atoms with van der Waals surface area (Å²) in [5.41, 5.74) is 3.01. The third-order valence-electron chi connectivity index (χ3n) is 5.11. The quantitative estimate of drug-likeness (QED) is 0.850. The smallest absolute Gasteiger partial charge is 0.253 e.